The average Bonchev–Trinajstić information content (AvgIpc) is 3.26. The molecule has 0 bridgehead atoms. The van der Waals surface area contributed by atoms with Crippen LogP contribution in [0, 0.1) is 0 Å². The molecule has 2 heterocycles. The Morgan fingerprint density at radius 1 is 1.05 bits per heavy atom. The van der Waals surface area contributed by atoms with Crippen LogP contribution < -0.4 is 5.32 Å². The molecule has 0 spiro atoms. The van der Waals surface area contributed by atoms with Crippen LogP contribution >= 0.6 is 0 Å². The number of hydrogen-bond acceptors (Lipinski definition) is 3. The van der Waals surface area contributed by atoms with E-state index in [1.54, 1.807) is 0 Å². The molecule has 0 amide bonds. The van der Waals surface area contributed by atoms with Crippen molar-refractivity contribution in [3.8, 4) is 0 Å². The Labute approximate surface area is 132 Å². The van der Waals surface area contributed by atoms with Gasteiger partial charge in [-0.15, -0.1) is 0 Å². The van der Waals surface area contributed by atoms with Crippen molar-refractivity contribution in [1.29, 1.82) is 0 Å². The van der Waals surface area contributed by atoms with Gasteiger partial charge < -0.3 is 5.32 Å². The second-order valence-electron chi connectivity index (χ2n) is 6.47. The second-order valence-corrected chi connectivity index (χ2v) is 6.47. The molecule has 2 aromatic rings. The van der Waals surface area contributed by atoms with E-state index in [1.165, 1.54) is 43.4 Å². The molecule has 1 saturated carbocycles. The lowest BCUT2D eigenvalue weighted by atomic mass is 10.0. The van der Waals surface area contributed by atoms with Crippen molar-refractivity contribution >= 4 is 5.82 Å². The molecular formula is C19H23N3. The van der Waals surface area contributed by atoms with Crippen LogP contribution in [0.5, 0.6) is 0 Å². The molecule has 3 heteroatoms. The first-order chi connectivity index (χ1) is 10.9. The van der Waals surface area contributed by atoms with Crippen LogP contribution in [-0.4, -0.2) is 22.5 Å². The maximum atomic E-state index is 4.61. The number of nitrogens with zero attached hydrogens (tertiary/aromatic N) is 2. The third kappa shape index (κ3) is 3.00. The normalized spacial score (nSPS) is 21.9. The van der Waals surface area contributed by atoms with Gasteiger partial charge in [0.15, 0.2) is 0 Å². The molecule has 1 N–H and O–H groups in total. The van der Waals surface area contributed by atoms with Crippen molar-refractivity contribution in [3.05, 3.63) is 59.8 Å². The van der Waals surface area contributed by atoms with Gasteiger partial charge in [0.1, 0.15) is 5.82 Å². The second kappa shape index (κ2) is 6.09. The summed E-state index contributed by atoms with van der Waals surface area (Å²) in [5, 5.41) is 3.61. The highest BCUT2D eigenvalue weighted by Gasteiger charge is 2.30. The van der Waals surface area contributed by atoms with Gasteiger partial charge in [-0.3, -0.25) is 4.90 Å². The van der Waals surface area contributed by atoms with Gasteiger partial charge in [0, 0.05) is 30.4 Å². The number of rotatable bonds is 5. The predicted octanol–water partition coefficient (Wildman–Crippen LogP) is 3.99. The van der Waals surface area contributed by atoms with E-state index in [9.17, 15) is 0 Å². The molecule has 0 unspecified atom stereocenters. The summed E-state index contributed by atoms with van der Waals surface area (Å²) in [6.07, 6.45) is 6.99. The minimum absolute atomic E-state index is 0.496. The van der Waals surface area contributed by atoms with Gasteiger partial charge in [0.05, 0.1) is 0 Å². The monoisotopic (exact) mass is 293 g/mol. The Bertz CT molecular complexity index is 622. The van der Waals surface area contributed by atoms with Gasteiger partial charge in [-0.25, -0.2) is 4.98 Å². The van der Waals surface area contributed by atoms with Gasteiger partial charge in [0.25, 0.3) is 0 Å². The van der Waals surface area contributed by atoms with E-state index < -0.39 is 0 Å². The van der Waals surface area contributed by atoms with Crippen molar-refractivity contribution in [1.82, 2.24) is 9.88 Å². The highest BCUT2D eigenvalue weighted by atomic mass is 15.2. The highest BCUT2D eigenvalue weighted by Crippen LogP contribution is 2.37. The summed E-state index contributed by atoms with van der Waals surface area (Å²) < 4.78 is 0. The van der Waals surface area contributed by atoms with Gasteiger partial charge in [-0.1, -0.05) is 36.4 Å². The molecule has 1 aliphatic heterocycles. The summed E-state index contributed by atoms with van der Waals surface area (Å²) >= 11 is 0. The molecular weight excluding hydrogens is 270 g/mol. The number of pyridine rings is 1. The van der Waals surface area contributed by atoms with E-state index in [1.807, 2.05) is 6.20 Å². The fraction of sp³-hybridized carbons (Fsp3) is 0.421. The molecule has 22 heavy (non-hydrogen) atoms. The molecule has 4 rings (SSSR count). The van der Waals surface area contributed by atoms with Crippen LogP contribution in [0.15, 0.2) is 48.7 Å². The van der Waals surface area contributed by atoms with Crippen molar-refractivity contribution in [2.24, 2.45) is 0 Å². The maximum Gasteiger partial charge on any atom is 0.130 e. The molecule has 1 aromatic heterocycles. The first kappa shape index (κ1) is 13.8. The quantitative estimate of drug-likeness (QED) is 0.903. The molecule has 114 valence electrons. The smallest absolute Gasteiger partial charge is 0.130 e. The van der Waals surface area contributed by atoms with E-state index >= 15 is 0 Å². The lowest BCUT2D eigenvalue weighted by molar-refractivity contribution is 0.248. The third-order valence-corrected chi connectivity index (χ3v) is 4.71. The van der Waals surface area contributed by atoms with Crippen molar-refractivity contribution in [3.63, 3.8) is 0 Å². The Hall–Kier alpha value is -1.87. The molecule has 0 radical (unpaired) electrons. The minimum atomic E-state index is 0.496. The van der Waals surface area contributed by atoms with Crippen molar-refractivity contribution in [2.75, 3.05) is 11.9 Å². The number of benzene rings is 1. The van der Waals surface area contributed by atoms with Crippen LogP contribution in [0.1, 0.15) is 42.9 Å². The highest BCUT2D eigenvalue weighted by molar-refractivity contribution is 5.47. The van der Waals surface area contributed by atoms with Crippen LogP contribution in [0.3, 0.4) is 0 Å². The fourth-order valence-corrected chi connectivity index (χ4v) is 3.41. The third-order valence-electron chi connectivity index (χ3n) is 4.71. The fourth-order valence-electron chi connectivity index (χ4n) is 3.41. The Balaban J connectivity index is 1.55. The average molecular weight is 293 g/mol. The molecule has 1 aromatic carbocycles. The van der Waals surface area contributed by atoms with E-state index in [-0.39, 0.29) is 0 Å². The van der Waals surface area contributed by atoms with E-state index in [2.05, 4.69) is 57.7 Å². The molecule has 1 atom stereocenters. The number of hydrogen-bond donors (Lipinski definition) is 1. The first-order valence-electron chi connectivity index (χ1n) is 8.39. The van der Waals surface area contributed by atoms with Gasteiger partial charge >= 0.3 is 0 Å². The van der Waals surface area contributed by atoms with Crippen molar-refractivity contribution in [2.45, 2.75) is 44.3 Å². The summed E-state index contributed by atoms with van der Waals surface area (Å²) in [5.41, 5.74) is 2.78. The van der Waals surface area contributed by atoms with E-state index in [4.69, 9.17) is 0 Å². The molecule has 1 aliphatic carbocycles. The lowest BCUT2D eigenvalue weighted by Crippen LogP contribution is -2.24. The number of aromatic nitrogens is 1. The number of likely N-dealkylation sites (tertiary alicyclic amines) is 1. The zero-order valence-corrected chi connectivity index (χ0v) is 12.9. The minimum Gasteiger partial charge on any atom is -0.367 e. The van der Waals surface area contributed by atoms with Gasteiger partial charge in [-0.05, 0) is 43.9 Å². The Morgan fingerprint density at radius 3 is 2.73 bits per heavy atom. The maximum absolute atomic E-state index is 4.61. The number of nitrogens with one attached hydrogen (secondary N) is 1. The number of anilines is 1. The SMILES string of the molecule is c1ccc(CN2CCC[C@@H]2c2cccnc2NC2CC2)cc1. The van der Waals surface area contributed by atoms with Crippen LogP contribution in [0.2, 0.25) is 0 Å². The summed E-state index contributed by atoms with van der Waals surface area (Å²) in [6, 6.07) is 16.3. The topological polar surface area (TPSA) is 28.2 Å². The summed E-state index contributed by atoms with van der Waals surface area (Å²) in [4.78, 5) is 7.21. The summed E-state index contributed by atoms with van der Waals surface area (Å²) in [7, 11) is 0. The predicted molar refractivity (Wildman–Crippen MR) is 89.7 cm³/mol. The van der Waals surface area contributed by atoms with Crippen LogP contribution in [-0.2, 0) is 6.54 Å². The van der Waals surface area contributed by atoms with E-state index in [0.29, 0.717) is 12.1 Å². The van der Waals surface area contributed by atoms with Crippen LogP contribution in [0.4, 0.5) is 5.82 Å². The van der Waals surface area contributed by atoms with Crippen LogP contribution in [0.25, 0.3) is 0 Å². The largest absolute Gasteiger partial charge is 0.367 e. The molecule has 3 nitrogen and oxygen atoms in total. The summed E-state index contributed by atoms with van der Waals surface area (Å²) in [6.45, 7) is 2.21. The first-order valence-corrected chi connectivity index (χ1v) is 8.39. The zero-order valence-electron chi connectivity index (χ0n) is 12.9. The molecule has 1 saturated heterocycles. The Morgan fingerprint density at radius 2 is 1.91 bits per heavy atom. The summed E-state index contributed by atoms with van der Waals surface area (Å²) in [5.74, 6) is 1.11. The van der Waals surface area contributed by atoms with Gasteiger partial charge in [0.2, 0.25) is 0 Å². The molecule has 2 fully saturated rings. The standard InChI is InChI=1S/C19H23N3/c1-2-6-15(7-3-1)14-22-13-5-9-18(22)17-8-4-12-20-19(17)21-16-10-11-16/h1-4,6-8,12,16,18H,5,9-11,13-14H2,(H,20,21)/t18-/m1/s1. The molecule has 2 aliphatic rings. The zero-order chi connectivity index (χ0) is 14.8. The lowest BCUT2D eigenvalue weighted by Gasteiger charge is -2.26. The Kier molecular flexibility index (Phi) is 3.81. The van der Waals surface area contributed by atoms with E-state index in [0.717, 1.165) is 12.4 Å². The van der Waals surface area contributed by atoms with Crippen molar-refractivity contribution < 1.29 is 0 Å². The van der Waals surface area contributed by atoms with Gasteiger partial charge in [-0.2, -0.15) is 0 Å².